The Morgan fingerprint density at radius 1 is 1.39 bits per heavy atom. The minimum atomic E-state index is -0.932. The molecule has 0 aliphatic carbocycles. The van der Waals surface area contributed by atoms with Gasteiger partial charge in [0.25, 0.3) is 5.91 Å². The Labute approximate surface area is 106 Å². The third-order valence-corrected chi connectivity index (χ3v) is 2.81. The molecule has 0 saturated heterocycles. The van der Waals surface area contributed by atoms with E-state index in [1.54, 1.807) is 13.0 Å². The van der Waals surface area contributed by atoms with Crippen LogP contribution in [-0.2, 0) is 17.6 Å². The topological polar surface area (TPSA) is 79.5 Å². The van der Waals surface area contributed by atoms with E-state index < -0.39 is 11.9 Å². The van der Waals surface area contributed by atoms with Crippen molar-refractivity contribution in [2.75, 3.05) is 6.54 Å². The fraction of sp³-hybridized carbons (Fsp3) is 0.538. The molecule has 5 nitrogen and oxygen atoms in total. The van der Waals surface area contributed by atoms with Crippen LogP contribution in [0.2, 0.25) is 0 Å². The predicted octanol–water partition coefficient (Wildman–Crippen LogP) is 1.85. The van der Waals surface area contributed by atoms with Crippen LogP contribution in [0.1, 0.15) is 42.6 Å². The summed E-state index contributed by atoms with van der Waals surface area (Å²) in [6.07, 6.45) is 1.55. The van der Waals surface area contributed by atoms with Gasteiger partial charge in [0.15, 0.2) is 5.76 Å². The molecule has 1 aromatic rings. The zero-order valence-electron chi connectivity index (χ0n) is 10.9. The minimum absolute atomic E-state index is 0.0950. The van der Waals surface area contributed by atoms with Gasteiger partial charge < -0.3 is 14.8 Å². The third-order valence-electron chi connectivity index (χ3n) is 2.81. The molecule has 0 saturated carbocycles. The van der Waals surface area contributed by atoms with E-state index in [-0.39, 0.29) is 18.2 Å². The molecule has 0 radical (unpaired) electrons. The molecule has 1 rings (SSSR count). The first-order valence-electron chi connectivity index (χ1n) is 6.12. The molecular formula is C13H19NO4. The number of hydrogen-bond donors (Lipinski definition) is 2. The molecule has 2 N–H and O–H groups in total. The summed E-state index contributed by atoms with van der Waals surface area (Å²) in [5, 5.41) is 11.3. The van der Waals surface area contributed by atoms with Crippen molar-refractivity contribution in [3.05, 3.63) is 23.2 Å². The summed E-state index contributed by atoms with van der Waals surface area (Å²) in [5.74, 6) is -0.842. The van der Waals surface area contributed by atoms with Crippen molar-refractivity contribution in [2.45, 2.75) is 33.6 Å². The Morgan fingerprint density at radius 2 is 2.06 bits per heavy atom. The largest absolute Gasteiger partial charge is 0.481 e. The molecular weight excluding hydrogens is 234 g/mol. The number of hydrogen-bond acceptors (Lipinski definition) is 3. The summed E-state index contributed by atoms with van der Waals surface area (Å²) in [7, 11) is 0. The molecule has 0 aromatic carbocycles. The Morgan fingerprint density at radius 3 is 2.50 bits per heavy atom. The fourth-order valence-electron chi connectivity index (χ4n) is 1.60. The van der Waals surface area contributed by atoms with Crippen molar-refractivity contribution >= 4 is 11.9 Å². The Bertz CT molecular complexity index is 415. The number of nitrogens with one attached hydrogen (secondary N) is 1. The van der Waals surface area contributed by atoms with Gasteiger partial charge >= 0.3 is 5.97 Å². The van der Waals surface area contributed by atoms with Gasteiger partial charge in [-0.2, -0.15) is 0 Å². The molecule has 0 spiro atoms. The van der Waals surface area contributed by atoms with Crippen LogP contribution in [0.15, 0.2) is 10.5 Å². The van der Waals surface area contributed by atoms with Gasteiger partial charge in [0, 0.05) is 13.0 Å². The first-order chi connectivity index (χ1) is 8.49. The maximum absolute atomic E-state index is 11.8. The van der Waals surface area contributed by atoms with E-state index >= 15 is 0 Å². The van der Waals surface area contributed by atoms with Gasteiger partial charge in [0.1, 0.15) is 5.76 Å². The van der Waals surface area contributed by atoms with E-state index in [9.17, 15) is 9.59 Å². The molecule has 1 aromatic heterocycles. The predicted molar refractivity (Wildman–Crippen MR) is 66.6 cm³/mol. The summed E-state index contributed by atoms with van der Waals surface area (Å²) in [5.41, 5.74) is 1.02. The van der Waals surface area contributed by atoms with Crippen molar-refractivity contribution in [2.24, 2.45) is 5.92 Å². The number of carboxylic acids is 1. The quantitative estimate of drug-likeness (QED) is 0.811. The Hall–Kier alpha value is -1.78. The number of aryl methyl sites for hydroxylation is 2. The Balaban J connectivity index is 2.67. The van der Waals surface area contributed by atoms with Crippen LogP contribution >= 0.6 is 0 Å². The van der Waals surface area contributed by atoms with Gasteiger partial charge in [-0.15, -0.1) is 0 Å². The lowest BCUT2D eigenvalue weighted by atomic mass is 10.1. The molecule has 100 valence electrons. The molecule has 1 heterocycles. The second kappa shape index (κ2) is 6.23. The zero-order valence-corrected chi connectivity index (χ0v) is 10.9. The Kier molecular flexibility index (Phi) is 4.95. The summed E-state index contributed by atoms with van der Waals surface area (Å²) in [6, 6.07) is 1.72. The van der Waals surface area contributed by atoms with Crippen molar-refractivity contribution < 1.29 is 19.1 Å². The molecule has 0 aliphatic rings. The van der Waals surface area contributed by atoms with Crippen LogP contribution < -0.4 is 5.32 Å². The minimum Gasteiger partial charge on any atom is -0.481 e. The number of carboxylic acid groups (broad SMARTS) is 1. The van der Waals surface area contributed by atoms with E-state index in [1.807, 2.05) is 13.8 Å². The standard InChI is InChI=1S/C13H19NO4/c1-4-9-6-11(18-10(9)5-2)12(15)14-7-8(3)13(16)17/h6,8H,4-5,7H2,1-3H3,(H,14,15)(H,16,17). The molecule has 1 atom stereocenters. The van der Waals surface area contributed by atoms with E-state index in [1.165, 1.54) is 0 Å². The average Bonchev–Trinajstić information content (AvgIpc) is 2.78. The van der Waals surface area contributed by atoms with E-state index in [0.717, 1.165) is 24.2 Å². The lowest BCUT2D eigenvalue weighted by Crippen LogP contribution is -2.31. The van der Waals surface area contributed by atoms with Crippen LogP contribution in [0.4, 0.5) is 0 Å². The van der Waals surface area contributed by atoms with Crippen LogP contribution in [0.5, 0.6) is 0 Å². The van der Waals surface area contributed by atoms with E-state index in [2.05, 4.69) is 5.32 Å². The van der Waals surface area contributed by atoms with Crippen LogP contribution in [0.3, 0.4) is 0 Å². The molecule has 0 fully saturated rings. The third kappa shape index (κ3) is 3.35. The number of carbonyl (C=O) groups excluding carboxylic acids is 1. The SMILES string of the molecule is CCc1cc(C(=O)NCC(C)C(=O)O)oc1CC. The number of amides is 1. The molecule has 5 heteroatoms. The number of aliphatic carboxylic acids is 1. The van der Waals surface area contributed by atoms with Crippen molar-refractivity contribution in [3.63, 3.8) is 0 Å². The van der Waals surface area contributed by atoms with Gasteiger partial charge in [0.05, 0.1) is 5.92 Å². The smallest absolute Gasteiger partial charge is 0.308 e. The van der Waals surface area contributed by atoms with Gasteiger partial charge in [-0.25, -0.2) is 0 Å². The van der Waals surface area contributed by atoms with E-state index in [4.69, 9.17) is 9.52 Å². The van der Waals surface area contributed by atoms with Crippen LogP contribution in [-0.4, -0.2) is 23.5 Å². The molecule has 0 aliphatic heterocycles. The van der Waals surface area contributed by atoms with Crippen LogP contribution in [0, 0.1) is 5.92 Å². The summed E-state index contributed by atoms with van der Waals surface area (Å²) >= 11 is 0. The lowest BCUT2D eigenvalue weighted by Gasteiger charge is -2.06. The number of carbonyl (C=O) groups is 2. The first kappa shape index (κ1) is 14.3. The lowest BCUT2D eigenvalue weighted by molar-refractivity contribution is -0.140. The second-order valence-electron chi connectivity index (χ2n) is 4.22. The molecule has 18 heavy (non-hydrogen) atoms. The van der Waals surface area contributed by atoms with Crippen molar-refractivity contribution in [3.8, 4) is 0 Å². The highest BCUT2D eigenvalue weighted by molar-refractivity contribution is 5.92. The van der Waals surface area contributed by atoms with E-state index in [0.29, 0.717) is 0 Å². The van der Waals surface area contributed by atoms with Crippen LogP contribution in [0.25, 0.3) is 0 Å². The highest BCUT2D eigenvalue weighted by atomic mass is 16.4. The summed E-state index contributed by atoms with van der Waals surface area (Å²) in [6.45, 7) is 5.60. The normalized spacial score (nSPS) is 12.2. The summed E-state index contributed by atoms with van der Waals surface area (Å²) in [4.78, 5) is 22.4. The number of furan rings is 1. The zero-order chi connectivity index (χ0) is 13.7. The molecule has 0 bridgehead atoms. The highest BCUT2D eigenvalue weighted by Crippen LogP contribution is 2.16. The average molecular weight is 253 g/mol. The molecule has 1 amide bonds. The first-order valence-corrected chi connectivity index (χ1v) is 6.12. The fourth-order valence-corrected chi connectivity index (χ4v) is 1.60. The maximum Gasteiger partial charge on any atom is 0.308 e. The second-order valence-corrected chi connectivity index (χ2v) is 4.22. The van der Waals surface area contributed by atoms with Gasteiger partial charge in [-0.3, -0.25) is 9.59 Å². The summed E-state index contributed by atoms with van der Waals surface area (Å²) < 4.78 is 5.45. The van der Waals surface area contributed by atoms with Gasteiger partial charge in [-0.05, 0) is 18.1 Å². The monoisotopic (exact) mass is 253 g/mol. The van der Waals surface area contributed by atoms with Crippen molar-refractivity contribution in [1.82, 2.24) is 5.32 Å². The highest BCUT2D eigenvalue weighted by Gasteiger charge is 2.17. The van der Waals surface area contributed by atoms with Gasteiger partial charge in [0.2, 0.25) is 0 Å². The molecule has 1 unspecified atom stereocenters. The van der Waals surface area contributed by atoms with Gasteiger partial charge in [-0.1, -0.05) is 20.8 Å². The number of rotatable bonds is 6. The maximum atomic E-state index is 11.8. The van der Waals surface area contributed by atoms with Crippen molar-refractivity contribution in [1.29, 1.82) is 0 Å².